The third kappa shape index (κ3) is 6.12. The fourth-order valence-corrected chi connectivity index (χ4v) is 8.12. The smallest absolute Gasteiger partial charge is 0.226 e. The van der Waals surface area contributed by atoms with E-state index in [4.69, 9.17) is 20.0 Å². The van der Waals surface area contributed by atoms with Crippen LogP contribution >= 0.6 is 0 Å². The Kier molecular flexibility index (Phi) is 8.92. The van der Waals surface area contributed by atoms with Gasteiger partial charge in [0.2, 0.25) is 11.3 Å². The van der Waals surface area contributed by atoms with Gasteiger partial charge < -0.3 is 0 Å². The summed E-state index contributed by atoms with van der Waals surface area (Å²) in [5, 5.41) is 0. The van der Waals surface area contributed by atoms with E-state index in [-0.39, 0.29) is 0 Å². The summed E-state index contributed by atoms with van der Waals surface area (Å²) in [6.07, 6.45) is 0. The molecule has 274 valence electrons. The van der Waals surface area contributed by atoms with Crippen molar-refractivity contribution in [2.24, 2.45) is 20.0 Å². The number of benzene rings is 8. The quantitative estimate of drug-likeness (QED) is 0.141. The summed E-state index contributed by atoms with van der Waals surface area (Å²) in [7, 11) is 0. The number of nitrogens with zero attached hydrogens (tertiary/aromatic N) is 4. The third-order valence-electron chi connectivity index (χ3n) is 11.0. The van der Waals surface area contributed by atoms with Gasteiger partial charge in [0.25, 0.3) is 0 Å². The summed E-state index contributed by atoms with van der Waals surface area (Å²) in [5.74, 6) is 0. The first-order valence-electron chi connectivity index (χ1n) is 19.6. The molecular weight excluding hydrogens is 705 g/mol. The van der Waals surface area contributed by atoms with Crippen LogP contribution in [0.2, 0.25) is 0 Å². The minimum atomic E-state index is -1.37. The van der Waals surface area contributed by atoms with Gasteiger partial charge in [0.1, 0.15) is 0 Å². The Morgan fingerprint density at radius 3 is 0.603 bits per heavy atom. The highest BCUT2D eigenvalue weighted by Crippen LogP contribution is 2.55. The Hall–Kier alpha value is -7.56. The molecule has 0 atom stereocenters. The minimum Gasteiger partial charge on any atom is -0.243 e. The predicted molar refractivity (Wildman–Crippen MR) is 239 cm³/mol. The van der Waals surface area contributed by atoms with Gasteiger partial charge in [0.15, 0.2) is 0 Å². The summed E-state index contributed by atoms with van der Waals surface area (Å²) in [4.78, 5) is 23.5. The molecule has 0 N–H and O–H groups in total. The zero-order valence-electron chi connectivity index (χ0n) is 31.7. The normalized spacial score (nSPS) is 15.2. The minimum absolute atomic E-state index is 0.791. The molecule has 2 aliphatic heterocycles. The summed E-state index contributed by atoms with van der Waals surface area (Å²) >= 11 is 0. The molecule has 0 radical (unpaired) electrons. The molecule has 10 rings (SSSR count). The Morgan fingerprint density at radius 2 is 0.379 bits per heavy atom. The van der Waals surface area contributed by atoms with Crippen molar-refractivity contribution < 1.29 is 0 Å². The lowest BCUT2D eigenvalue weighted by atomic mass is 9.81. The lowest BCUT2D eigenvalue weighted by molar-refractivity contribution is 0.257. The molecule has 4 nitrogen and oxygen atoms in total. The molecular formula is C54H38N4. The van der Waals surface area contributed by atoms with Gasteiger partial charge >= 0.3 is 0 Å². The van der Waals surface area contributed by atoms with Crippen molar-refractivity contribution in [1.29, 1.82) is 0 Å². The number of hydrogen-bond donors (Lipinski definition) is 0. The molecule has 0 saturated carbocycles. The van der Waals surface area contributed by atoms with Crippen LogP contribution in [-0.2, 0) is 11.3 Å². The van der Waals surface area contributed by atoms with Crippen LogP contribution in [0.25, 0.3) is 22.3 Å². The molecule has 4 heteroatoms. The van der Waals surface area contributed by atoms with E-state index < -0.39 is 11.3 Å². The van der Waals surface area contributed by atoms with Crippen LogP contribution in [0.3, 0.4) is 0 Å². The van der Waals surface area contributed by atoms with E-state index in [9.17, 15) is 0 Å². The Morgan fingerprint density at radius 1 is 0.190 bits per heavy atom. The summed E-state index contributed by atoms with van der Waals surface area (Å²) in [5.41, 5.74) is 10.6. The van der Waals surface area contributed by atoms with Crippen LogP contribution in [0.15, 0.2) is 250 Å². The molecule has 0 spiro atoms. The molecule has 0 saturated heterocycles. The predicted octanol–water partition coefficient (Wildman–Crippen LogP) is 12.0. The van der Waals surface area contributed by atoms with Crippen LogP contribution in [0.1, 0.15) is 33.4 Å². The number of hydrogen-bond acceptors (Lipinski definition) is 4. The lowest BCUT2D eigenvalue weighted by Crippen LogP contribution is -2.43. The molecule has 8 aromatic rings. The van der Waals surface area contributed by atoms with Gasteiger partial charge in [-0.15, -0.1) is 0 Å². The van der Waals surface area contributed by atoms with E-state index in [2.05, 4.69) is 194 Å². The fraction of sp³-hybridized carbons (Fsp3) is 0.0370. The average molecular weight is 743 g/mol. The number of aliphatic imine (C=N–C) groups is 4. The van der Waals surface area contributed by atoms with E-state index in [1.807, 2.05) is 36.4 Å². The van der Waals surface area contributed by atoms with Gasteiger partial charge in [-0.3, -0.25) is 0 Å². The molecule has 2 heterocycles. The fourth-order valence-electron chi connectivity index (χ4n) is 8.12. The van der Waals surface area contributed by atoms with Gasteiger partial charge in [-0.05, 0) is 22.3 Å². The first-order valence-corrected chi connectivity index (χ1v) is 19.6. The maximum absolute atomic E-state index is 5.89. The first-order chi connectivity index (χ1) is 28.7. The molecule has 0 fully saturated rings. The largest absolute Gasteiger partial charge is 0.243 e. The summed E-state index contributed by atoms with van der Waals surface area (Å²) in [6.45, 7) is 0. The Balaban J connectivity index is 1.31. The van der Waals surface area contributed by atoms with Crippen LogP contribution in [0.4, 0.5) is 0 Å². The average Bonchev–Trinajstić information content (AvgIpc) is 3.94. The number of rotatable bonds is 9. The highest BCUT2D eigenvalue weighted by Gasteiger charge is 2.60. The zero-order chi connectivity index (χ0) is 38.8. The molecule has 2 aliphatic rings. The summed E-state index contributed by atoms with van der Waals surface area (Å²) in [6, 6.07) is 79.7. The van der Waals surface area contributed by atoms with Gasteiger partial charge in [-0.2, -0.15) is 0 Å². The van der Waals surface area contributed by atoms with Crippen molar-refractivity contribution in [3.8, 4) is 22.3 Å². The molecule has 0 bridgehead atoms. The van der Waals surface area contributed by atoms with E-state index in [0.29, 0.717) is 0 Å². The van der Waals surface area contributed by atoms with Crippen LogP contribution in [0.5, 0.6) is 0 Å². The molecule has 0 aliphatic carbocycles. The van der Waals surface area contributed by atoms with Gasteiger partial charge in [0.05, 0.1) is 22.8 Å². The van der Waals surface area contributed by atoms with Crippen molar-refractivity contribution in [3.63, 3.8) is 0 Å². The maximum Gasteiger partial charge on any atom is 0.226 e. The molecule has 0 aromatic heterocycles. The highest BCUT2D eigenvalue weighted by molar-refractivity contribution is 6.55. The lowest BCUT2D eigenvalue weighted by Gasteiger charge is -2.38. The zero-order valence-corrected chi connectivity index (χ0v) is 31.7. The topological polar surface area (TPSA) is 49.4 Å². The first kappa shape index (κ1) is 34.9. The van der Waals surface area contributed by atoms with Crippen LogP contribution < -0.4 is 0 Å². The van der Waals surface area contributed by atoms with Crippen molar-refractivity contribution in [3.05, 3.63) is 264 Å². The highest BCUT2D eigenvalue weighted by atomic mass is 15.3. The van der Waals surface area contributed by atoms with Crippen LogP contribution in [0, 0.1) is 0 Å². The SMILES string of the molecule is c1ccc(C2=NC(c3ccc(-c4ccccc4)cc3)(C3(c4ccc(-c5ccccc5)cc4)N=C(c4ccccc4)C(c4ccccc4)=N3)N=C2c2ccccc2)cc1. The van der Waals surface area contributed by atoms with Crippen LogP contribution in [-0.4, -0.2) is 22.8 Å². The standard InChI is InChI=1S/C54H38N4/c1-7-19-39(20-8-1)41-31-35-47(36-32-41)53(55-49(43-23-11-3-12-24-43)50(56-53)44-25-13-4-14-26-44)54(48-37-33-42(34-38-48)40-21-9-2-10-22-40)57-51(45-27-15-5-16-28-45)52(58-54)46-29-17-6-18-30-46/h1-38H. The Labute approximate surface area is 339 Å². The van der Waals surface area contributed by atoms with E-state index in [1.165, 1.54) is 0 Å². The van der Waals surface area contributed by atoms with E-state index in [0.717, 1.165) is 78.5 Å². The van der Waals surface area contributed by atoms with Gasteiger partial charge in [-0.25, -0.2) is 20.0 Å². The Bertz CT molecular complexity index is 2500. The van der Waals surface area contributed by atoms with Crippen molar-refractivity contribution in [2.45, 2.75) is 11.3 Å². The van der Waals surface area contributed by atoms with Crippen molar-refractivity contribution >= 4 is 22.8 Å². The molecule has 8 aromatic carbocycles. The molecule has 0 amide bonds. The second-order valence-corrected chi connectivity index (χ2v) is 14.5. The van der Waals surface area contributed by atoms with E-state index in [1.54, 1.807) is 0 Å². The van der Waals surface area contributed by atoms with E-state index >= 15 is 0 Å². The third-order valence-corrected chi connectivity index (χ3v) is 11.0. The molecule has 58 heavy (non-hydrogen) atoms. The van der Waals surface area contributed by atoms with Gasteiger partial charge in [0, 0.05) is 33.4 Å². The van der Waals surface area contributed by atoms with Crippen molar-refractivity contribution in [2.75, 3.05) is 0 Å². The second kappa shape index (κ2) is 14.8. The molecule has 0 unspecified atom stereocenters. The van der Waals surface area contributed by atoms with Crippen molar-refractivity contribution in [1.82, 2.24) is 0 Å². The monoisotopic (exact) mass is 742 g/mol. The maximum atomic E-state index is 5.89. The van der Waals surface area contributed by atoms with Gasteiger partial charge in [-0.1, -0.05) is 231 Å². The summed E-state index contributed by atoms with van der Waals surface area (Å²) < 4.78 is 0. The second-order valence-electron chi connectivity index (χ2n) is 14.5.